The van der Waals surface area contributed by atoms with E-state index in [9.17, 15) is 0 Å². The minimum Gasteiger partial charge on any atom is -0.237 e. The molecule has 2 heterocycles. The second kappa shape index (κ2) is 4.43. The van der Waals surface area contributed by atoms with Crippen LogP contribution in [0.15, 0.2) is 36.7 Å². The van der Waals surface area contributed by atoms with E-state index < -0.39 is 0 Å². The minimum atomic E-state index is 0.433. The molecule has 0 saturated carbocycles. The van der Waals surface area contributed by atoms with Gasteiger partial charge in [0.15, 0.2) is 5.65 Å². The predicted molar refractivity (Wildman–Crippen MR) is 73.9 cm³/mol. The molecule has 0 fully saturated rings. The highest BCUT2D eigenvalue weighted by Crippen LogP contribution is 2.33. The molecule has 0 radical (unpaired) electrons. The smallest absolute Gasteiger partial charge is 0.162 e. The summed E-state index contributed by atoms with van der Waals surface area (Å²) in [4.78, 5) is 4.27. The SMILES string of the molecule is Clc1cc(Cl)c(-n2ncc3cccnc32)c(Cl)c1. The first kappa shape index (κ1) is 11.8. The lowest BCUT2D eigenvalue weighted by atomic mass is 10.3. The summed E-state index contributed by atoms with van der Waals surface area (Å²) < 4.78 is 1.61. The number of nitrogens with zero attached hydrogens (tertiary/aromatic N) is 3. The van der Waals surface area contributed by atoms with Gasteiger partial charge in [0.2, 0.25) is 0 Å². The van der Waals surface area contributed by atoms with Gasteiger partial charge in [-0.05, 0) is 24.3 Å². The molecule has 0 bridgehead atoms. The summed E-state index contributed by atoms with van der Waals surface area (Å²) in [5.41, 5.74) is 1.28. The molecule has 0 spiro atoms. The normalized spacial score (nSPS) is 11.1. The van der Waals surface area contributed by atoms with Gasteiger partial charge in [-0.25, -0.2) is 9.67 Å². The second-order valence-electron chi connectivity index (χ2n) is 3.69. The third-order valence-corrected chi connectivity index (χ3v) is 3.32. The fraction of sp³-hybridized carbons (Fsp3) is 0. The fourth-order valence-electron chi connectivity index (χ4n) is 1.76. The minimum absolute atomic E-state index is 0.433. The zero-order valence-corrected chi connectivity index (χ0v) is 11.2. The summed E-state index contributed by atoms with van der Waals surface area (Å²) in [6.07, 6.45) is 3.40. The first-order valence-corrected chi connectivity index (χ1v) is 6.24. The van der Waals surface area contributed by atoms with Gasteiger partial charge < -0.3 is 0 Å². The average Bonchev–Trinajstić information content (AvgIpc) is 2.72. The number of pyridine rings is 1. The molecule has 0 N–H and O–H groups in total. The molecule has 0 aliphatic carbocycles. The Bertz CT molecular complexity index is 713. The molecule has 0 unspecified atom stereocenters. The van der Waals surface area contributed by atoms with Crippen molar-refractivity contribution in [3.63, 3.8) is 0 Å². The van der Waals surface area contributed by atoms with Crippen LogP contribution in [0.25, 0.3) is 16.7 Å². The second-order valence-corrected chi connectivity index (χ2v) is 4.94. The van der Waals surface area contributed by atoms with Gasteiger partial charge in [0.25, 0.3) is 0 Å². The molecule has 3 aromatic rings. The Morgan fingerprint density at radius 2 is 1.78 bits per heavy atom. The zero-order valence-electron chi connectivity index (χ0n) is 8.94. The van der Waals surface area contributed by atoms with E-state index in [4.69, 9.17) is 34.8 Å². The van der Waals surface area contributed by atoms with Crippen LogP contribution in [0, 0.1) is 0 Å². The van der Waals surface area contributed by atoms with Crippen LogP contribution in [0.4, 0.5) is 0 Å². The van der Waals surface area contributed by atoms with Crippen molar-refractivity contribution in [1.82, 2.24) is 14.8 Å². The number of rotatable bonds is 1. The number of aromatic nitrogens is 3. The molecule has 0 saturated heterocycles. The first-order chi connectivity index (χ1) is 8.66. The zero-order chi connectivity index (χ0) is 12.7. The van der Waals surface area contributed by atoms with Crippen molar-refractivity contribution >= 4 is 45.8 Å². The summed E-state index contributed by atoms with van der Waals surface area (Å²) in [6, 6.07) is 7.02. The monoisotopic (exact) mass is 297 g/mol. The van der Waals surface area contributed by atoms with E-state index in [1.807, 2.05) is 12.1 Å². The van der Waals surface area contributed by atoms with Crippen LogP contribution in [-0.2, 0) is 0 Å². The van der Waals surface area contributed by atoms with Crippen molar-refractivity contribution in [1.29, 1.82) is 0 Å². The number of fused-ring (bicyclic) bond motifs is 1. The van der Waals surface area contributed by atoms with Crippen LogP contribution in [0.1, 0.15) is 0 Å². The molecule has 1 aromatic carbocycles. The Morgan fingerprint density at radius 1 is 1.06 bits per heavy atom. The quantitative estimate of drug-likeness (QED) is 0.667. The molecule has 18 heavy (non-hydrogen) atoms. The van der Waals surface area contributed by atoms with Gasteiger partial charge in [0, 0.05) is 16.6 Å². The summed E-state index contributed by atoms with van der Waals surface area (Å²) in [6.45, 7) is 0. The highest BCUT2D eigenvalue weighted by molar-refractivity contribution is 6.40. The van der Waals surface area contributed by atoms with Crippen molar-refractivity contribution in [2.24, 2.45) is 0 Å². The van der Waals surface area contributed by atoms with Gasteiger partial charge in [-0.1, -0.05) is 34.8 Å². The Morgan fingerprint density at radius 3 is 2.50 bits per heavy atom. The van der Waals surface area contributed by atoms with Crippen LogP contribution in [0.5, 0.6) is 0 Å². The van der Waals surface area contributed by atoms with E-state index in [0.29, 0.717) is 26.4 Å². The third-order valence-electron chi connectivity index (χ3n) is 2.52. The summed E-state index contributed by atoms with van der Waals surface area (Å²) >= 11 is 18.2. The maximum Gasteiger partial charge on any atom is 0.162 e. The molecular weight excluding hydrogens is 293 g/mol. The van der Waals surface area contributed by atoms with E-state index >= 15 is 0 Å². The van der Waals surface area contributed by atoms with Crippen molar-refractivity contribution in [2.75, 3.05) is 0 Å². The Kier molecular flexibility index (Phi) is 2.90. The van der Waals surface area contributed by atoms with Gasteiger partial charge in [0.05, 0.1) is 16.2 Å². The number of hydrogen-bond donors (Lipinski definition) is 0. The Labute approximate surface area is 118 Å². The molecule has 2 aromatic heterocycles. The van der Waals surface area contributed by atoms with Crippen LogP contribution < -0.4 is 0 Å². The Hall–Kier alpha value is -1.29. The van der Waals surface area contributed by atoms with E-state index in [-0.39, 0.29) is 0 Å². The lowest BCUT2D eigenvalue weighted by Gasteiger charge is -2.08. The maximum atomic E-state index is 6.17. The topological polar surface area (TPSA) is 30.7 Å². The maximum absolute atomic E-state index is 6.17. The third kappa shape index (κ3) is 1.85. The molecular formula is C12H6Cl3N3. The van der Waals surface area contributed by atoms with E-state index in [1.165, 1.54) is 0 Å². The van der Waals surface area contributed by atoms with Gasteiger partial charge >= 0.3 is 0 Å². The molecule has 0 aliphatic heterocycles. The largest absolute Gasteiger partial charge is 0.237 e. The number of benzene rings is 1. The predicted octanol–water partition coefficient (Wildman–Crippen LogP) is 4.38. The van der Waals surface area contributed by atoms with Gasteiger partial charge in [-0.2, -0.15) is 5.10 Å². The van der Waals surface area contributed by atoms with Crippen molar-refractivity contribution in [3.05, 3.63) is 51.7 Å². The van der Waals surface area contributed by atoms with Crippen molar-refractivity contribution < 1.29 is 0 Å². The highest BCUT2D eigenvalue weighted by atomic mass is 35.5. The Balaban J connectivity index is 2.33. The van der Waals surface area contributed by atoms with Crippen LogP contribution in [0.2, 0.25) is 15.1 Å². The highest BCUT2D eigenvalue weighted by Gasteiger charge is 2.13. The van der Waals surface area contributed by atoms with E-state index in [1.54, 1.807) is 29.2 Å². The van der Waals surface area contributed by atoms with Crippen LogP contribution >= 0.6 is 34.8 Å². The molecule has 0 aliphatic rings. The molecule has 6 heteroatoms. The molecule has 0 atom stereocenters. The fourth-order valence-corrected chi connectivity index (χ4v) is 2.74. The average molecular weight is 299 g/mol. The van der Waals surface area contributed by atoms with Crippen molar-refractivity contribution in [2.45, 2.75) is 0 Å². The van der Waals surface area contributed by atoms with Crippen LogP contribution in [-0.4, -0.2) is 14.8 Å². The standard InChI is InChI=1S/C12H6Cl3N3/c13-8-4-9(14)11(10(15)5-8)18-12-7(6-17-18)2-1-3-16-12/h1-6H. The molecule has 90 valence electrons. The number of halogens is 3. The lowest BCUT2D eigenvalue weighted by molar-refractivity contribution is 0.897. The number of hydrogen-bond acceptors (Lipinski definition) is 2. The molecule has 3 nitrogen and oxygen atoms in total. The lowest BCUT2D eigenvalue weighted by Crippen LogP contribution is -1.99. The summed E-state index contributed by atoms with van der Waals surface area (Å²) in [7, 11) is 0. The summed E-state index contributed by atoms with van der Waals surface area (Å²) in [5.74, 6) is 0. The molecule has 3 rings (SSSR count). The van der Waals surface area contributed by atoms with Gasteiger partial charge in [-0.3, -0.25) is 0 Å². The van der Waals surface area contributed by atoms with Gasteiger partial charge in [0.1, 0.15) is 5.69 Å². The van der Waals surface area contributed by atoms with Crippen molar-refractivity contribution in [3.8, 4) is 5.69 Å². The molecule has 0 amide bonds. The van der Waals surface area contributed by atoms with Gasteiger partial charge in [-0.15, -0.1) is 0 Å². The van der Waals surface area contributed by atoms with E-state index in [2.05, 4.69) is 10.1 Å². The van der Waals surface area contributed by atoms with Crippen LogP contribution in [0.3, 0.4) is 0 Å². The first-order valence-electron chi connectivity index (χ1n) is 5.10. The summed E-state index contributed by atoms with van der Waals surface area (Å²) in [5, 5.41) is 6.53. The van der Waals surface area contributed by atoms with E-state index in [0.717, 1.165) is 5.39 Å².